The summed E-state index contributed by atoms with van der Waals surface area (Å²) in [5.41, 5.74) is 17.0. The third-order valence-corrected chi connectivity index (χ3v) is 11.3. The van der Waals surface area contributed by atoms with E-state index in [0.29, 0.717) is 0 Å². The van der Waals surface area contributed by atoms with Gasteiger partial charge in [-0.2, -0.15) is 0 Å². The highest BCUT2D eigenvalue weighted by atomic mass is 15.3. The van der Waals surface area contributed by atoms with Crippen LogP contribution in [0.15, 0.2) is 209 Å². The molecule has 5 aromatic rings. The molecule has 0 saturated carbocycles. The molecule has 0 N–H and O–H groups in total. The number of rotatable bonds is 6. The highest BCUT2D eigenvalue weighted by molar-refractivity contribution is 6.13. The molecular formula is C53H45N3. The Morgan fingerprint density at radius 1 is 0.571 bits per heavy atom. The van der Waals surface area contributed by atoms with E-state index < -0.39 is 0 Å². The van der Waals surface area contributed by atoms with Crippen molar-refractivity contribution in [3.05, 3.63) is 227 Å². The number of nitrogens with zero attached hydrogens (tertiary/aromatic N) is 3. The van der Waals surface area contributed by atoms with Crippen LogP contribution in [0.5, 0.6) is 0 Å². The van der Waals surface area contributed by atoms with Crippen LogP contribution in [0, 0.1) is 0 Å². The second-order valence-electron chi connectivity index (χ2n) is 14.8. The van der Waals surface area contributed by atoms with E-state index in [-0.39, 0.29) is 6.17 Å². The van der Waals surface area contributed by atoms with Crippen molar-refractivity contribution in [3.8, 4) is 22.3 Å². The molecule has 0 radical (unpaired) electrons. The molecule has 5 aromatic carbocycles. The molecule has 272 valence electrons. The minimum Gasteiger partial charge on any atom is -0.333 e. The van der Waals surface area contributed by atoms with Crippen LogP contribution in [0.25, 0.3) is 33.4 Å². The van der Waals surface area contributed by atoms with E-state index in [2.05, 4.69) is 195 Å². The molecule has 3 aliphatic carbocycles. The molecule has 0 spiro atoms. The molecule has 1 atom stereocenters. The fourth-order valence-corrected chi connectivity index (χ4v) is 8.47. The van der Waals surface area contributed by atoms with E-state index in [4.69, 9.17) is 9.98 Å². The van der Waals surface area contributed by atoms with Gasteiger partial charge in [0.05, 0.1) is 0 Å². The molecule has 56 heavy (non-hydrogen) atoms. The Hall–Kier alpha value is -6.58. The molecule has 9 rings (SSSR count). The smallest absolute Gasteiger partial charge is 0.159 e. The topological polar surface area (TPSA) is 28.0 Å². The molecule has 1 unspecified atom stereocenters. The fourth-order valence-electron chi connectivity index (χ4n) is 8.47. The normalized spacial score (nSPS) is 19.2. The largest absolute Gasteiger partial charge is 0.333 e. The molecule has 0 fully saturated rings. The van der Waals surface area contributed by atoms with Gasteiger partial charge in [0.1, 0.15) is 12.0 Å². The zero-order valence-electron chi connectivity index (χ0n) is 31.9. The number of aliphatic imine (C=N–C) groups is 2. The maximum Gasteiger partial charge on any atom is 0.159 e. The average molecular weight is 724 g/mol. The third-order valence-electron chi connectivity index (χ3n) is 11.3. The van der Waals surface area contributed by atoms with Crippen molar-refractivity contribution in [2.75, 3.05) is 7.05 Å². The van der Waals surface area contributed by atoms with Crippen LogP contribution in [0.4, 0.5) is 0 Å². The lowest BCUT2D eigenvalue weighted by atomic mass is 9.83. The second-order valence-corrected chi connectivity index (χ2v) is 14.8. The predicted octanol–water partition coefficient (Wildman–Crippen LogP) is 12.6. The van der Waals surface area contributed by atoms with Gasteiger partial charge in [-0.3, -0.25) is 0 Å². The van der Waals surface area contributed by atoms with Crippen molar-refractivity contribution in [1.29, 1.82) is 0 Å². The lowest BCUT2D eigenvalue weighted by Crippen LogP contribution is -2.42. The van der Waals surface area contributed by atoms with Gasteiger partial charge in [0, 0.05) is 18.2 Å². The summed E-state index contributed by atoms with van der Waals surface area (Å²) >= 11 is 0. The van der Waals surface area contributed by atoms with Gasteiger partial charge in [-0.15, -0.1) is 0 Å². The van der Waals surface area contributed by atoms with Crippen LogP contribution in [0.2, 0.25) is 0 Å². The average Bonchev–Trinajstić information content (AvgIpc) is 3.27. The van der Waals surface area contributed by atoms with Crippen molar-refractivity contribution < 1.29 is 0 Å². The zero-order chi connectivity index (χ0) is 37.8. The SMILES string of the molecule is C=C1/C=C\C=C/Cc2cc(-c3ccccc3C3=C(C4N=C(c5cccc(-c6ccccc6)c5)N=C(c5ccccc5)N4C)CCC=C3)ccc2C2=C1CCC=C2. The van der Waals surface area contributed by atoms with Crippen LogP contribution < -0.4 is 0 Å². The first-order chi connectivity index (χ1) is 27.6. The van der Waals surface area contributed by atoms with E-state index in [1.54, 1.807) is 0 Å². The zero-order valence-corrected chi connectivity index (χ0v) is 31.9. The molecule has 0 bridgehead atoms. The number of amidine groups is 2. The van der Waals surface area contributed by atoms with Crippen LogP contribution >= 0.6 is 0 Å². The number of hydrogen-bond donors (Lipinski definition) is 0. The van der Waals surface area contributed by atoms with Crippen molar-refractivity contribution >= 4 is 22.8 Å². The van der Waals surface area contributed by atoms with E-state index in [1.807, 2.05) is 0 Å². The van der Waals surface area contributed by atoms with Gasteiger partial charge in [-0.05, 0) is 105 Å². The molecular weight excluding hydrogens is 679 g/mol. The summed E-state index contributed by atoms with van der Waals surface area (Å²) in [7, 11) is 2.14. The van der Waals surface area contributed by atoms with Crippen molar-refractivity contribution in [2.45, 2.75) is 38.3 Å². The molecule has 3 nitrogen and oxygen atoms in total. The Morgan fingerprint density at radius 2 is 1.27 bits per heavy atom. The summed E-state index contributed by atoms with van der Waals surface area (Å²) in [5.74, 6) is 1.67. The summed E-state index contributed by atoms with van der Waals surface area (Å²) in [6, 6.07) is 45.7. The number of benzene rings is 5. The summed E-state index contributed by atoms with van der Waals surface area (Å²) in [6.07, 6.45) is 22.5. The van der Waals surface area contributed by atoms with Crippen LogP contribution in [0.1, 0.15) is 53.5 Å². The van der Waals surface area contributed by atoms with Crippen molar-refractivity contribution in [3.63, 3.8) is 0 Å². The third kappa shape index (κ3) is 6.93. The van der Waals surface area contributed by atoms with Crippen LogP contribution in [0.3, 0.4) is 0 Å². The molecule has 0 amide bonds. The standard InChI is InChI=1S/C53H45N3/c1-37-19-6-3-11-24-41-36-42(33-34-46(41)47-29-14-12-27-44(37)47)45-28-13-15-30-48(45)49-31-16-17-32-50(49)53-55-51(54-52(56(53)2)39-22-9-5-10-23-39)43-26-18-25-40(35-43)38-20-7-4-8-21-38/h3-11,13-16,18-23,25-26,28-31,33-36,53H,1,12,17,24,27,32H2,2H3/b11-3-,19-6-. The maximum absolute atomic E-state index is 5.51. The Kier molecular flexibility index (Phi) is 9.82. The van der Waals surface area contributed by atoms with Gasteiger partial charge < -0.3 is 4.90 Å². The van der Waals surface area contributed by atoms with Crippen molar-refractivity contribution in [1.82, 2.24) is 4.90 Å². The van der Waals surface area contributed by atoms with Gasteiger partial charge >= 0.3 is 0 Å². The molecule has 1 aliphatic heterocycles. The predicted molar refractivity (Wildman–Crippen MR) is 237 cm³/mol. The molecule has 0 aromatic heterocycles. The van der Waals surface area contributed by atoms with E-state index >= 15 is 0 Å². The molecule has 1 heterocycles. The Bertz CT molecular complexity index is 2570. The molecule has 3 heteroatoms. The van der Waals surface area contributed by atoms with Gasteiger partial charge in [0.2, 0.25) is 0 Å². The maximum atomic E-state index is 5.51. The van der Waals surface area contributed by atoms with E-state index in [0.717, 1.165) is 66.0 Å². The molecule has 4 aliphatic rings. The molecule has 0 saturated heterocycles. The highest BCUT2D eigenvalue weighted by Gasteiger charge is 2.31. The van der Waals surface area contributed by atoms with Crippen molar-refractivity contribution in [2.24, 2.45) is 9.98 Å². The summed E-state index contributed by atoms with van der Waals surface area (Å²) in [6.45, 7) is 4.44. The lowest BCUT2D eigenvalue weighted by Gasteiger charge is -2.35. The first-order valence-corrected chi connectivity index (χ1v) is 19.8. The number of hydrogen-bond acceptors (Lipinski definition) is 3. The number of fused-ring (bicyclic) bond motifs is 2. The van der Waals surface area contributed by atoms with Gasteiger partial charge in [-0.1, -0.05) is 177 Å². The van der Waals surface area contributed by atoms with E-state index in [9.17, 15) is 0 Å². The van der Waals surface area contributed by atoms with Crippen LogP contribution in [-0.4, -0.2) is 29.8 Å². The van der Waals surface area contributed by atoms with Gasteiger partial charge in [0.25, 0.3) is 0 Å². The summed E-state index contributed by atoms with van der Waals surface area (Å²) < 4.78 is 0. The highest BCUT2D eigenvalue weighted by Crippen LogP contribution is 2.41. The minimum atomic E-state index is -0.232. The summed E-state index contributed by atoms with van der Waals surface area (Å²) in [5, 5.41) is 0. The van der Waals surface area contributed by atoms with Gasteiger partial charge in [-0.25, -0.2) is 9.98 Å². The Balaban J connectivity index is 1.17. The Morgan fingerprint density at radius 3 is 2.09 bits per heavy atom. The number of allylic oxidation sites excluding steroid dienone is 12. The fraction of sp³-hybridized carbons (Fsp3) is 0.132. The van der Waals surface area contributed by atoms with Crippen LogP contribution in [-0.2, 0) is 6.42 Å². The Labute approximate surface area is 331 Å². The second kappa shape index (κ2) is 15.6. The quantitative estimate of drug-likeness (QED) is 0.171. The first-order valence-electron chi connectivity index (χ1n) is 19.8. The summed E-state index contributed by atoms with van der Waals surface area (Å²) in [4.78, 5) is 13.1. The number of likely N-dealkylation sites (N-methyl/N-ethyl adjacent to an activating group) is 1. The van der Waals surface area contributed by atoms with Gasteiger partial charge in [0.15, 0.2) is 5.84 Å². The minimum absolute atomic E-state index is 0.232. The monoisotopic (exact) mass is 723 g/mol. The first kappa shape index (κ1) is 35.1. The van der Waals surface area contributed by atoms with E-state index in [1.165, 1.54) is 55.7 Å². The lowest BCUT2D eigenvalue weighted by molar-refractivity contribution is 0.408.